The molecule has 0 aliphatic rings. The molecule has 1 unspecified atom stereocenters. The lowest BCUT2D eigenvalue weighted by molar-refractivity contribution is -0.863. The van der Waals surface area contributed by atoms with Gasteiger partial charge in [0.05, 0.1) is 13.1 Å². The third-order valence-corrected chi connectivity index (χ3v) is 5.31. The largest absolute Gasteiger partial charge is 0.339 e. The number of carbonyl (C=O) groups excluding carboxylic acids is 2. The molecule has 2 atom stereocenters. The van der Waals surface area contributed by atoms with Crippen LogP contribution in [0.2, 0.25) is 0 Å². The summed E-state index contributed by atoms with van der Waals surface area (Å²) in [7, 11) is 1.83. The van der Waals surface area contributed by atoms with Crippen molar-refractivity contribution in [1.82, 2.24) is 10.2 Å². The number of halogens is 1. The van der Waals surface area contributed by atoms with Gasteiger partial charge in [-0.1, -0.05) is 18.2 Å². The van der Waals surface area contributed by atoms with Crippen molar-refractivity contribution in [1.29, 1.82) is 0 Å². The molecular formula is C20H27FN3O2S+. The predicted molar refractivity (Wildman–Crippen MR) is 105 cm³/mol. The number of hydrogen-bond acceptors (Lipinski definition) is 3. The number of nitrogens with zero attached hydrogens (tertiary/aromatic N) is 1. The first-order valence-corrected chi connectivity index (χ1v) is 9.99. The molecule has 7 heteroatoms. The molecule has 0 bridgehead atoms. The smallest absolute Gasteiger partial charge is 0.277 e. The normalized spacial score (nSPS) is 13.0. The second-order valence-corrected chi connectivity index (χ2v) is 7.42. The summed E-state index contributed by atoms with van der Waals surface area (Å²) in [5, 5.41) is 4.96. The molecule has 27 heavy (non-hydrogen) atoms. The fourth-order valence-electron chi connectivity index (χ4n) is 2.92. The van der Waals surface area contributed by atoms with E-state index in [4.69, 9.17) is 0 Å². The molecule has 0 fully saturated rings. The van der Waals surface area contributed by atoms with Crippen LogP contribution in [0.4, 0.5) is 4.39 Å². The van der Waals surface area contributed by atoms with Crippen molar-refractivity contribution in [2.75, 3.05) is 33.2 Å². The second-order valence-electron chi connectivity index (χ2n) is 6.44. The van der Waals surface area contributed by atoms with Gasteiger partial charge < -0.3 is 15.1 Å². The van der Waals surface area contributed by atoms with Gasteiger partial charge in [-0.15, -0.1) is 11.3 Å². The third-order valence-electron chi connectivity index (χ3n) is 4.37. The number of quaternary nitrogens is 1. The van der Waals surface area contributed by atoms with Crippen molar-refractivity contribution in [3.05, 3.63) is 58.0 Å². The zero-order valence-electron chi connectivity index (χ0n) is 16.0. The summed E-state index contributed by atoms with van der Waals surface area (Å²) in [6.45, 7) is 5.68. The van der Waals surface area contributed by atoms with Crippen LogP contribution in [0, 0.1) is 5.82 Å². The van der Waals surface area contributed by atoms with Crippen molar-refractivity contribution >= 4 is 23.2 Å². The molecule has 5 nitrogen and oxygen atoms in total. The number of hydrogen-bond donors (Lipinski definition) is 2. The van der Waals surface area contributed by atoms with Crippen LogP contribution in [0.5, 0.6) is 0 Å². The number of benzene rings is 1. The van der Waals surface area contributed by atoms with E-state index in [2.05, 4.69) is 5.32 Å². The van der Waals surface area contributed by atoms with Crippen molar-refractivity contribution in [3.8, 4) is 0 Å². The summed E-state index contributed by atoms with van der Waals surface area (Å²) < 4.78 is 13.2. The Bertz CT molecular complexity index is 730. The highest BCUT2D eigenvalue weighted by molar-refractivity contribution is 7.10. The molecule has 1 aromatic heterocycles. The van der Waals surface area contributed by atoms with Gasteiger partial charge in [-0.05, 0) is 43.0 Å². The van der Waals surface area contributed by atoms with E-state index in [1.807, 2.05) is 38.4 Å². The highest BCUT2D eigenvalue weighted by atomic mass is 32.1. The maximum atomic E-state index is 13.2. The topological polar surface area (TPSA) is 53.9 Å². The Morgan fingerprint density at radius 3 is 2.37 bits per heavy atom. The number of amides is 2. The molecule has 2 aromatic rings. The molecule has 146 valence electrons. The number of nitrogens with one attached hydrogen (secondary N) is 2. The first-order valence-electron chi connectivity index (χ1n) is 9.11. The second kappa shape index (κ2) is 10.2. The lowest BCUT2D eigenvalue weighted by Gasteiger charge is -2.22. The lowest BCUT2D eigenvalue weighted by atomic mass is 10.1. The van der Waals surface area contributed by atoms with Crippen LogP contribution in [0.15, 0.2) is 41.8 Å². The van der Waals surface area contributed by atoms with Crippen molar-refractivity contribution < 1.29 is 18.9 Å². The van der Waals surface area contributed by atoms with Crippen LogP contribution in [-0.2, 0) is 9.59 Å². The molecule has 1 heterocycles. The third kappa shape index (κ3) is 6.15. The Balaban J connectivity index is 2.01. The molecule has 2 N–H and O–H groups in total. The molecule has 2 rings (SSSR count). The van der Waals surface area contributed by atoms with E-state index in [0.717, 1.165) is 15.3 Å². The lowest BCUT2D eigenvalue weighted by Crippen LogP contribution is -3.11. The molecule has 2 amide bonds. The minimum absolute atomic E-state index is 0.0404. The van der Waals surface area contributed by atoms with E-state index >= 15 is 0 Å². The van der Waals surface area contributed by atoms with E-state index in [1.54, 1.807) is 17.0 Å². The monoisotopic (exact) mass is 392 g/mol. The Labute approximate surface area is 163 Å². The maximum Gasteiger partial charge on any atom is 0.277 e. The highest BCUT2D eigenvalue weighted by Crippen LogP contribution is 2.26. The van der Waals surface area contributed by atoms with Crippen molar-refractivity contribution in [2.45, 2.75) is 19.9 Å². The first-order chi connectivity index (χ1) is 12.9. The van der Waals surface area contributed by atoms with Gasteiger partial charge in [0.25, 0.3) is 11.8 Å². The van der Waals surface area contributed by atoms with Crippen molar-refractivity contribution in [2.24, 2.45) is 0 Å². The molecule has 0 spiro atoms. The number of carbonyl (C=O) groups is 2. The highest BCUT2D eigenvalue weighted by Gasteiger charge is 2.22. The van der Waals surface area contributed by atoms with Gasteiger partial charge in [0.15, 0.2) is 13.1 Å². The average molecular weight is 393 g/mol. The molecule has 0 aliphatic carbocycles. The fourth-order valence-corrected chi connectivity index (χ4v) is 3.73. The molecule has 0 aliphatic heterocycles. The summed E-state index contributed by atoms with van der Waals surface area (Å²) in [6, 6.07) is 9.68. The zero-order valence-corrected chi connectivity index (χ0v) is 16.8. The summed E-state index contributed by atoms with van der Waals surface area (Å²) in [5.74, 6) is -0.421. The van der Waals surface area contributed by atoms with Gasteiger partial charge in [-0.3, -0.25) is 9.59 Å². The Morgan fingerprint density at radius 1 is 1.15 bits per heavy atom. The SMILES string of the molecule is CCN(CC)C(=O)C[NH+](C)CC(=O)N[C@H](c1ccc(F)cc1)c1cccs1. The number of thiophene rings is 1. The van der Waals surface area contributed by atoms with E-state index in [9.17, 15) is 14.0 Å². The van der Waals surface area contributed by atoms with Crippen LogP contribution in [0.25, 0.3) is 0 Å². The zero-order chi connectivity index (χ0) is 19.8. The van der Waals surface area contributed by atoms with E-state index in [-0.39, 0.29) is 36.8 Å². The Kier molecular flexibility index (Phi) is 7.94. The van der Waals surface area contributed by atoms with Gasteiger partial charge >= 0.3 is 0 Å². The van der Waals surface area contributed by atoms with E-state index < -0.39 is 0 Å². The van der Waals surface area contributed by atoms with Crippen LogP contribution in [-0.4, -0.2) is 49.9 Å². The van der Waals surface area contributed by atoms with Gasteiger partial charge in [-0.2, -0.15) is 0 Å². The molecule has 0 saturated carbocycles. The standard InChI is InChI=1S/C20H26FN3O2S/c1-4-24(5-2)19(26)14-23(3)13-18(25)22-20(17-7-6-12-27-17)15-8-10-16(21)11-9-15/h6-12,20H,4-5,13-14H2,1-3H3,(H,22,25)/p+1/t20-/m1/s1. The summed E-state index contributed by atoms with van der Waals surface area (Å²) in [5.41, 5.74) is 0.823. The quantitative estimate of drug-likeness (QED) is 0.679. The average Bonchev–Trinajstić information content (AvgIpc) is 3.15. The van der Waals surface area contributed by atoms with Crippen LogP contribution < -0.4 is 10.2 Å². The van der Waals surface area contributed by atoms with Gasteiger partial charge in [0.1, 0.15) is 5.82 Å². The first kappa shape index (κ1) is 21.1. The fraction of sp³-hybridized carbons (Fsp3) is 0.400. The number of rotatable bonds is 9. The summed E-state index contributed by atoms with van der Waals surface area (Å²) >= 11 is 1.54. The minimum Gasteiger partial charge on any atom is -0.339 e. The summed E-state index contributed by atoms with van der Waals surface area (Å²) in [4.78, 5) is 28.3. The maximum absolute atomic E-state index is 13.2. The molecule has 0 radical (unpaired) electrons. The van der Waals surface area contributed by atoms with E-state index in [1.165, 1.54) is 23.5 Å². The van der Waals surface area contributed by atoms with Gasteiger partial charge in [-0.25, -0.2) is 4.39 Å². The molecule has 0 saturated heterocycles. The van der Waals surface area contributed by atoms with Crippen molar-refractivity contribution in [3.63, 3.8) is 0 Å². The Hall–Kier alpha value is -2.25. The predicted octanol–water partition coefficient (Wildman–Crippen LogP) is 1.48. The van der Waals surface area contributed by atoms with Crippen LogP contribution in [0.3, 0.4) is 0 Å². The van der Waals surface area contributed by atoms with Crippen LogP contribution in [0.1, 0.15) is 30.3 Å². The van der Waals surface area contributed by atoms with Crippen LogP contribution >= 0.6 is 11.3 Å². The summed E-state index contributed by atoms with van der Waals surface area (Å²) in [6.07, 6.45) is 0. The number of likely N-dealkylation sites (N-methyl/N-ethyl adjacent to an activating group) is 2. The minimum atomic E-state index is -0.329. The van der Waals surface area contributed by atoms with E-state index in [0.29, 0.717) is 13.1 Å². The Morgan fingerprint density at radius 2 is 1.81 bits per heavy atom. The van der Waals surface area contributed by atoms with Gasteiger partial charge in [0.2, 0.25) is 0 Å². The van der Waals surface area contributed by atoms with Gasteiger partial charge in [0, 0.05) is 18.0 Å². The molecule has 1 aromatic carbocycles. The molecular weight excluding hydrogens is 365 g/mol.